The molecule has 0 bridgehead atoms. The third-order valence-electron chi connectivity index (χ3n) is 5.25. The number of carboxylic acids is 1. The van der Waals surface area contributed by atoms with Gasteiger partial charge >= 0.3 is 5.97 Å². The molecule has 2 N–H and O–H groups in total. The monoisotopic (exact) mass is 345 g/mol. The van der Waals surface area contributed by atoms with Crippen molar-refractivity contribution in [3.8, 4) is 0 Å². The van der Waals surface area contributed by atoms with Crippen molar-refractivity contribution in [2.75, 3.05) is 6.54 Å². The summed E-state index contributed by atoms with van der Waals surface area (Å²) in [5, 5.41) is 11.3. The molecular weight excluding hydrogens is 314 g/mol. The van der Waals surface area contributed by atoms with Crippen molar-refractivity contribution in [2.45, 2.75) is 70.6 Å². The average molecular weight is 345 g/mol. The van der Waals surface area contributed by atoms with Gasteiger partial charge in [0.25, 0.3) is 5.91 Å². The summed E-state index contributed by atoms with van der Waals surface area (Å²) in [6, 6.07) is 7.90. The molecule has 2 rings (SSSR count). The molecule has 4 nitrogen and oxygen atoms in total. The number of carbonyl (C=O) groups is 2. The predicted octanol–water partition coefficient (Wildman–Crippen LogP) is 4.75. The zero-order valence-corrected chi connectivity index (χ0v) is 15.3. The minimum Gasteiger partial charge on any atom is -0.481 e. The van der Waals surface area contributed by atoms with E-state index in [-0.39, 0.29) is 18.9 Å². The molecule has 0 aromatic heterocycles. The quantitative estimate of drug-likeness (QED) is 0.679. The van der Waals surface area contributed by atoms with E-state index in [1.54, 1.807) is 0 Å². The topological polar surface area (TPSA) is 66.4 Å². The molecular formula is C21H31NO3. The van der Waals surface area contributed by atoms with Crippen molar-refractivity contribution in [1.29, 1.82) is 0 Å². The van der Waals surface area contributed by atoms with E-state index in [9.17, 15) is 9.59 Å². The first-order valence-corrected chi connectivity index (χ1v) is 9.70. The Morgan fingerprint density at radius 2 is 1.84 bits per heavy atom. The first-order valence-electron chi connectivity index (χ1n) is 9.70. The molecule has 4 heteroatoms. The standard InChI is InChI=1S/C21H31NO3/c1-2-6-19(15-16-7-4-3-5-8-16)17-9-11-18(12-10-17)21(25)22-14-13-20(23)24/h9-12,16,19H,2-8,13-15H2,1H3,(H,22,25)(H,23,24). The third kappa shape index (κ3) is 6.52. The van der Waals surface area contributed by atoms with E-state index in [2.05, 4.69) is 24.4 Å². The van der Waals surface area contributed by atoms with Gasteiger partial charge in [0, 0.05) is 12.1 Å². The summed E-state index contributed by atoms with van der Waals surface area (Å²) in [7, 11) is 0. The molecule has 0 aliphatic heterocycles. The van der Waals surface area contributed by atoms with Gasteiger partial charge in [0.2, 0.25) is 0 Å². The number of aliphatic carboxylic acids is 1. The van der Waals surface area contributed by atoms with Crippen LogP contribution in [0.4, 0.5) is 0 Å². The van der Waals surface area contributed by atoms with Gasteiger partial charge in [-0.2, -0.15) is 0 Å². The van der Waals surface area contributed by atoms with Gasteiger partial charge in [-0.15, -0.1) is 0 Å². The van der Waals surface area contributed by atoms with Crippen molar-refractivity contribution < 1.29 is 14.7 Å². The lowest BCUT2D eigenvalue weighted by atomic mass is 9.79. The fraction of sp³-hybridized carbons (Fsp3) is 0.619. The molecule has 1 fully saturated rings. The second-order valence-electron chi connectivity index (χ2n) is 7.25. The van der Waals surface area contributed by atoms with E-state index in [1.807, 2.05) is 12.1 Å². The molecule has 1 saturated carbocycles. The molecule has 1 atom stereocenters. The predicted molar refractivity (Wildman–Crippen MR) is 99.9 cm³/mol. The van der Waals surface area contributed by atoms with E-state index < -0.39 is 5.97 Å². The minimum absolute atomic E-state index is 0.0518. The van der Waals surface area contributed by atoms with Gasteiger partial charge in [-0.25, -0.2) is 0 Å². The second-order valence-corrected chi connectivity index (χ2v) is 7.25. The summed E-state index contributed by atoms with van der Waals surface area (Å²) in [6.45, 7) is 2.40. The van der Waals surface area contributed by atoms with Crippen LogP contribution in [0.3, 0.4) is 0 Å². The van der Waals surface area contributed by atoms with E-state index in [4.69, 9.17) is 5.11 Å². The van der Waals surface area contributed by atoms with Gasteiger partial charge < -0.3 is 10.4 Å². The molecule has 1 unspecified atom stereocenters. The van der Waals surface area contributed by atoms with E-state index in [0.717, 1.165) is 5.92 Å². The van der Waals surface area contributed by atoms with Gasteiger partial charge in [0.15, 0.2) is 0 Å². The highest BCUT2D eigenvalue weighted by Gasteiger charge is 2.20. The Bertz CT molecular complexity index is 547. The smallest absolute Gasteiger partial charge is 0.305 e. The number of carbonyl (C=O) groups excluding carboxylic acids is 1. The highest BCUT2D eigenvalue weighted by molar-refractivity contribution is 5.94. The Labute approximate surface area is 151 Å². The average Bonchev–Trinajstić information content (AvgIpc) is 2.62. The van der Waals surface area contributed by atoms with Crippen molar-refractivity contribution in [2.24, 2.45) is 5.92 Å². The molecule has 138 valence electrons. The Morgan fingerprint density at radius 3 is 2.44 bits per heavy atom. The van der Waals surface area contributed by atoms with Gasteiger partial charge in [0.1, 0.15) is 0 Å². The second kappa shape index (κ2) is 10.2. The Kier molecular flexibility index (Phi) is 7.96. The molecule has 1 aliphatic rings. The molecule has 0 spiro atoms. The van der Waals surface area contributed by atoms with Crippen molar-refractivity contribution in [3.63, 3.8) is 0 Å². The summed E-state index contributed by atoms with van der Waals surface area (Å²) in [4.78, 5) is 22.6. The van der Waals surface area contributed by atoms with Crippen molar-refractivity contribution in [1.82, 2.24) is 5.32 Å². The number of nitrogens with one attached hydrogen (secondary N) is 1. The van der Waals surface area contributed by atoms with Crippen molar-refractivity contribution >= 4 is 11.9 Å². The highest BCUT2D eigenvalue weighted by Crippen LogP contribution is 2.35. The van der Waals surface area contributed by atoms with Crippen LogP contribution in [0.2, 0.25) is 0 Å². The fourth-order valence-corrected chi connectivity index (χ4v) is 3.89. The van der Waals surface area contributed by atoms with Crippen LogP contribution in [0.15, 0.2) is 24.3 Å². The molecule has 0 saturated heterocycles. The molecule has 0 radical (unpaired) electrons. The van der Waals surface area contributed by atoms with E-state index in [1.165, 1.54) is 56.9 Å². The molecule has 1 aromatic carbocycles. The number of amides is 1. The van der Waals surface area contributed by atoms with Crippen LogP contribution in [0.5, 0.6) is 0 Å². The van der Waals surface area contributed by atoms with Gasteiger partial charge in [0.05, 0.1) is 6.42 Å². The molecule has 1 aromatic rings. The number of benzene rings is 1. The van der Waals surface area contributed by atoms with Crippen LogP contribution in [0.1, 0.15) is 86.6 Å². The summed E-state index contributed by atoms with van der Waals surface area (Å²) >= 11 is 0. The summed E-state index contributed by atoms with van der Waals surface area (Å²) in [6.07, 6.45) is 10.4. The lowest BCUT2D eigenvalue weighted by Crippen LogP contribution is -2.25. The maximum atomic E-state index is 12.0. The fourth-order valence-electron chi connectivity index (χ4n) is 3.89. The van der Waals surface area contributed by atoms with E-state index in [0.29, 0.717) is 11.5 Å². The van der Waals surface area contributed by atoms with Crippen LogP contribution in [0.25, 0.3) is 0 Å². The molecule has 0 heterocycles. The Hall–Kier alpha value is -1.84. The Morgan fingerprint density at radius 1 is 1.16 bits per heavy atom. The number of carboxylic acid groups (broad SMARTS) is 1. The number of hydrogen-bond acceptors (Lipinski definition) is 2. The maximum absolute atomic E-state index is 12.0. The summed E-state index contributed by atoms with van der Waals surface area (Å²) in [5.41, 5.74) is 1.93. The van der Waals surface area contributed by atoms with E-state index >= 15 is 0 Å². The van der Waals surface area contributed by atoms with Gasteiger partial charge in [-0.05, 0) is 42.4 Å². The zero-order chi connectivity index (χ0) is 18.1. The molecule has 1 aliphatic carbocycles. The van der Waals surface area contributed by atoms with Gasteiger partial charge in [-0.3, -0.25) is 9.59 Å². The van der Waals surface area contributed by atoms with Crippen LogP contribution in [0, 0.1) is 5.92 Å². The largest absolute Gasteiger partial charge is 0.481 e. The first kappa shape index (κ1) is 19.5. The minimum atomic E-state index is -0.902. The third-order valence-corrected chi connectivity index (χ3v) is 5.25. The van der Waals surface area contributed by atoms with Crippen LogP contribution in [-0.4, -0.2) is 23.5 Å². The lowest BCUT2D eigenvalue weighted by molar-refractivity contribution is -0.136. The zero-order valence-electron chi connectivity index (χ0n) is 15.3. The van der Waals surface area contributed by atoms with Crippen LogP contribution in [-0.2, 0) is 4.79 Å². The van der Waals surface area contributed by atoms with Crippen molar-refractivity contribution in [3.05, 3.63) is 35.4 Å². The molecule has 1 amide bonds. The summed E-state index contributed by atoms with van der Waals surface area (Å²) in [5.74, 6) is 0.328. The highest BCUT2D eigenvalue weighted by atomic mass is 16.4. The van der Waals surface area contributed by atoms with Crippen LogP contribution >= 0.6 is 0 Å². The SMILES string of the molecule is CCCC(CC1CCCCC1)c1ccc(C(=O)NCCC(=O)O)cc1. The normalized spacial score (nSPS) is 16.4. The van der Waals surface area contributed by atoms with Gasteiger partial charge in [-0.1, -0.05) is 57.6 Å². The number of rotatable bonds is 9. The summed E-state index contributed by atoms with van der Waals surface area (Å²) < 4.78 is 0. The number of hydrogen-bond donors (Lipinski definition) is 2. The van der Waals surface area contributed by atoms with Crippen LogP contribution < -0.4 is 5.32 Å². The molecule has 25 heavy (non-hydrogen) atoms. The lowest BCUT2D eigenvalue weighted by Gasteiger charge is -2.27. The Balaban J connectivity index is 1.94. The maximum Gasteiger partial charge on any atom is 0.305 e. The first-order chi connectivity index (χ1) is 12.1.